The zero-order valence-corrected chi connectivity index (χ0v) is 17.1. The fourth-order valence-corrected chi connectivity index (χ4v) is 3.60. The molecule has 1 aliphatic heterocycles. The molecule has 1 heterocycles. The van der Waals surface area contributed by atoms with Crippen LogP contribution >= 0.6 is 0 Å². The first-order chi connectivity index (χ1) is 14.5. The molecule has 1 aliphatic rings. The number of amides is 2. The molecule has 4 rings (SSSR count). The first-order valence-electron chi connectivity index (χ1n) is 10.0. The average Bonchev–Trinajstić information content (AvgIpc) is 3.18. The first kappa shape index (κ1) is 19.7. The molecular weight excluding hydrogens is 376 g/mol. The van der Waals surface area contributed by atoms with Crippen molar-refractivity contribution in [2.75, 3.05) is 23.4 Å². The van der Waals surface area contributed by atoms with Gasteiger partial charge in [-0.05, 0) is 73.4 Å². The second-order valence-electron chi connectivity index (χ2n) is 7.52. The maximum Gasteiger partial charge on any atom is 0.262 e. The topological polar surface area (TPSA) is 58.6 Å². The van der Waals surface area contributed by atoms with Crippen molar-refractivity contribution in [1.82, 2.24) is 0 Å². The van der Waals surface area contributed by atoms with Gasteiger partial charge < -0.3 is 15.0 Å². The Morgan fingerprint density at radius 3 is 2.57 bits per heavy atom. The Hall–Kier alpha value is -3.60. The van der Waals surface area contributed by atoms with Crippen molar-refractivity contribution in [2.45, 2.75) is 20.3 Å². The van der Waals surface area contributed by atoms with E-state index in [9.17, 15) is 9.59 Å². The maximum absolute atomic E-state index is 12.9. The molecule has 3 aromatic rings. The van der Waals surface area contributed by atoms with E-state index in [1.807, 2.05) is 50.2 Å². The van der Waals surface area contributed by atoms with Crippen molar-refractivity contribution < 1.29 is 14.3 Å². The summed E-state index contributed by atoms with van der Waals surface area (Å²) in [5.41, 5.74) is 5.46. The Balaban J connectivity index is 1.36. The fourth-order valence-electron chi connectivity index (χ4n) is 3.60. The van der Waals surface area contributed by atoms with Crippen molar-refractivity contribution in [3.05, 3.63) is 89.0 Å². The number of carbonyl (C=O) groups is 2. The van der Waals surface area contributed by atoms with E-state index < -0.39 is 0 Å². The summed E-state index contributed by atoms with van der Waals surface area (Å²) in [6, 6.07) is 20.8. The standard InChI is InChI=1S/C25H24N2O3/c1-17-7-8-18(2)23(15-17)30-16-24(28)26-21-11-9-20(10-12-21)25(29)27-14-13-19-5-3-4-6-22(19)27/h3-12,15H,13-14,16H2,1-2H3,(H,26,28). The number of carbonyl (C=O) groups excluding carboxylic acids is 2. The van der Waals surface area contributed by atoms with Crippen LogP contribution in [-0.4, -0.2) is 25.0 Å². The Morgan fingerprint density at radius 2 is 1.77 bits per heavy atom. The Morgan fingerprint density at radius 1 is 1.00 bits per heavy atom. The molecule has 0 unspecified atom stereocenters. The third-order valence-corrected chi connectivity index (χ3v) is 5.25. The predicted octanol–water partition coefficient (Wildman–Crippen LogP) is 4.52. The van der Waals surface area contributed by atoms with Crippen molar-refractivity contribution in [3.8, 4) is 5.75 Å². The molecule has 0 atom stereocenters. The lowest BCUT2D eigenvalue weighted by Crippen LogP contribution is -2.28. The normalized spacial score (nSPS) is 12.4. The van der Waals surface area contributed by atoms with Gasteiger partial charge >= 0.3 is 0 Å². The Bertz CT molecular complexity index is 1090. The molecule has 5 heteroatoms. The number of fused-ring (bicyclic) bond motifs is 1. The van der Waals surface area contributed by atoms with Gasteiger partial charge in [-0.1, -0.05) is 30.3 Å². The highest BCUT2D eigenvalue weighted by Crippen LogP contribution is 2.29. The molecule has 0 saturated heterocycles. The molecular formula is C25H24N2O3. The first-order valence-corrected chi connectivity index (χ1v) is 10.0. The second-order valence-corrected chi connectivity index (χ2v) is 7.52. The average molecular weight is 400 g/mol. The summed E-state index contributed by atoms with van der Waals surface area (Å²) < 4.78 is 5.64. The number of nitrogens with zero attached hydrogens (tertiary/aromatic N) is 1. The summed E-state index contributed by atoms with van der Waals surface area (Å²) in [5.74, 6) is 0.427. The highest BCUT2D eigenvalue weighted by molar-refractivity contribution is 6.07. The van der Waals surface area contributed by atoms with Gasteiger partial charge in [-0.15, -0.1) is 0 Å². The summed E-state index contributed by atoms with van der Waals surface area (Å²) in [5, 5.41) is 2.81. The number of benzene rings is 3. The van der Waals surface area contributed by atoms with E-state index >= 15 is 0 Å². The van der Waals surface area contributed by atoms with Gasteiger partial charge in [0.15, 0.2) is 6.61 Å². The maximum atomic E-state index is 12.9. The minimum Gasteiger partial charge on any atom is -0.483 e. The number of aryl methyl sites for hydroxylation is 2. The molecule has 0 aliphatic carbocycles. The minimum atomic E-state index is -0.247. The van der Waals surface area contributed by atoms with E-state index in [1.165, 1.54) is 5.56 Å². The molecule has 0 bridgehead atoms. The number of hydrogen-bond donors (Lipinski definition) is 1. The number of hydrogen-bond acceptors (Lipinski definition) is 3. The molecule has 3 aromatic carbocycles. The van der Waals surface area contributed by atoms with Crippen LogP contribution < -0.4 is 15.0 Å². The third kappa shape index (κ3) is 4.20. The fraction of sp³-hybridized carbons (Fsp3) is 0.200. The molecule has 0 spiro atoms. The predicted molar refractivity (Wildman–Crippen MR) is 118 cm³/mol. The zero-order chi connectivity index (χ0) is 21.1. The number of para-hydroxylation sites is 1. The number of nitrogens with one attached hydrogen (secondary N) is 1. The number of rotatable bonds is 5. The van der Waals surface area contributed by atoms with Gasteiger partial charge in [0.05, 0.1) is 0 Å². The van der Waals surface area contributed by atoms with E-state index in [0.29, 0.717) is 23.5 Å². The third-order valence-electron chi connectivity index (χ3n) is 5.25. The van der Waals surface area contributed by atoms with E-state index in [-0.39, 0.29) is 18.4 Å². The van der Waals surface area contributed by atoms with Gasteiger partial charge in [0.1, 0.15) is 5.75 Å². The smallest absolute Gasteiger partial charge is 0.262 e. The quantitative estimate of drug-likeness (QED) is 0.685. The minimum absolute atomic E-state index is 0.0314. The summed E-state index contributed by atoms with van der Waals surface area (Å²) in [6.45, 7) is 4.54. The van der Waals surface area contributed by atoms with Gasteiger partial charge in [0.2, 0.25) is 0 Å². The van der Waals surface area contributed by atoms with Gasteiger partial charge in [-0.3, -0.25) is 9.59 Å². The van der Waals surface area contributed by atoms with Gasteiger partial charge in [0.25, 0.3) is 11.8 Å². The van der Waals surface area contributed by atoms with Gasteiger partial charge in [-0.25, -0.2) is 0 Å². The molecule has 2 amide bonds. The van der Waals surface area contributed by atoms with Crippen LogP contribution in [0.25, 0.3) is 0 Å². The Labute approximate surface area is 176 Å². The second kappa shape index (κ2) is 8.41. The van der Waals surface area contributed by atoms with Gasteiger partial charge in [0, 0.05) is 23.5 Å². The largest absolute Gasteiger partial charge is 0.483 e. The number of anilines is 2. The SMILES string of the molecule is Cc1ccc(C)c(OCC(=O)Nc2ccc(C(=O)N3CCc4ccccc43)cc2)c1. The van der Waals surface area contributed by atoms with Crippen LogP contribution in [0.1, 0.15) is 27.0 Å². The molecule has 0 fully saturated rings. The van der Waals surface area contributed by atoms with E-state index in [1.54, 1.807) is 29.2 Å². The van der Waals surface area contributed by atoms with Crippen molar-refractivity contribution in [3.63, 3.8) is 0 Å². The zero-order valence-electron chi connectivity index (χ0n) is 17.1. The lowest BCUT2D eigenvalue weighted by molar-refractivity contribution is -0.118. The van der Waals surface area contributed by atoms with E-state index in [0.717, 1.165) is 23.2 Å². The summed E-state index contributed by atoms with van der Waals surface area (Å²) in [4.78, 5) is 26.9. The highest BCUT2D eigenvalue weighted by Gasteiger charge is 2.25. The van der Waals surface area contributed by atoms with E-state index in [2.05, 4.69) is 11.4 Å². The lowest BCUT2D eigenvalue weighted by Gasteiger charge is -2.17. The van der Waals surface area contributed by atoms with E-state index in [4.69, 9.17) is 4.74 Å². The van der Waals surface area contributed by atoms with Crippen molar-refractivity contribution >= 4 is 23.2 Å². The van der Waals surface area contributed by atoms with Crippen LogP contribution in [0.2, 0.25) is 0 Å². The van der Waals surface area contributed by atoms with Crippen LogP contribution in [0.4, 0.5) is 11.4 Å². The molecule has 0 saturated carbocycles. The lowest BCUT2D eigenvalue weighted by atomic mass is 10.1. The van der Waals surface area contributed by atoms with Crippen LogP contribution in [0, 0.1) is 13.8 Å². The van der Waals surface area contributed by atoms with Crippen LogP contribution in [0.5, 0.6) is 5.75 Å². The molecule has 152 valence electrons. The van der Waals surface area contributed by atoms with Gasteiger partial charge in [-0.2, -0.15) is 0 Å². The van der Waals surface area contributed by atoms with Crippen molar-refractivity contribution in [2.24, 2.45) is 0 Å². The summed E-state index contributed by atoms with van der Waals surface area (Å²) >= 11 is 0. The van der Waals surface area contributed by atoms with Crippen molar-refractivity contribution in [1.29, 1.82) is 0 Å². The van der Waals surface area contributed by atoms with Crippen LogP contribution in [0.3, 0.4) is 0 Å². The number of ether oxygens (including phenoxy) is 1. The molecule has 5 nitrogen and oxygen atoms in total. The molecule has 1 N–H and O–H groups in total. The molecule has 0 aromatic heterocycles. The molecule has 30 heavy (non-hydrogen) atoms. The summed E-state index contributed by atoms with van der Waals surface area (Å²) in [7, 11) is 0. The Kier molecular flexibility index (Phi) is 5.53. The monoisotopic (exact) mass is 400 g/mol. The van der Waals surface area contributed by atoms with Crippen LogP contribution in [-0.2, 0) is 11.2 Å². The highest BCUT2D eigenvalue weighted by atomic mass is 16.5. The molecule has 0 radical (unpaired) electrons. The van der Waals surface area contributed by atoms with Crippen LogP contribution in [0.15, 0.2) is 66.7 Å². The summed E-state index contributed by atoms with van der Waals surface area (Å²) in [6.07, 6.45) is 0.871.